The largest absolute Gasteiger partial charge is 0.315 e. The van der Waals surface area contributed by atoms with Crippen molar-refractivity contribution in [2.75, 3.05) is 91.6 Å². The average molecular weight is 572 g/mol. The Morgan fingerprint density at radius 3 is 1.55 bits per heavy atom. The van der Waals surface area contributed by atoms with Crippen LogP contribution in [0.25, 0.3) is 0 Å². The van der Waals surface area contributed by atoms with E-state index in [0.29, 0.717) is 22.1 Å². The molecule has 218 valence electrons. The van der Waals surface area contributed by atoms with Crippen molar-refractivity contribution in [3.05, 3.63) is 33.3 Å². The molecule has 8 N–H and O–H groups in total. The summed E-state index contributed by atoms with van der Waals surface area (Å²) in [5, 5.41) is 30.2. The molecular formula is C28H52Cl2N8. The van der Waals surface area contributed by atoms with Gasteiger partial charge >= 0.3 is 0 Å². The molecule has 0 radical (unpaired) electrons. The zero-order chi connectivity index (χ0) is 26.7. The van der Waals surface area contributed by atoms with E-state index in [0.717, 1.165) is 141 Å². The van der Waals surface area contributed by atoms with Gasteiger partial charge < -0.3 is 42.5 Å². The normalized spacial score (nSPS) is 25.2. The molecule has 2 aliphatic rings. The fourth-order valence-corrected chi connectivity index (χ4v) is 5.58. The molecule has 0 spiro atoms. The Kier molecular flexibility index (Phi) is 17.2. The lowest BCUT2D eigenvalue weighted by molar-refractivity contribution is 0.446. The second-order valence-electron chi connectivity index (χ2n) is 10.5. The first-order valence-electron chi connectivity index (χ1n) is 14.9. The predicted octanol–water partition coefficient (Wildman–Crippen LogP) is 1.12. The highest BCUT2D eigenvalue weighted by Gasteiger charge is 2.18. The van der Waals surface area contributed by atoms with Crippen molar-refractivity contribution in [3.8, 4) is 0 Å². The van der Waals surface area contributed by atoms with Crippen molar-refractivity contribution in [2.24, 2.45) is 0 Å². The first-order valence-corrected chi connectivity index (χ1v) is 15.7. The maximum atomic E-state index is 6.89. The Bertz CT molecular complexity index is 665. The molecule has 2 aliphatic heterocycles. The van der Waals surface area contributed by atoms with Crippen molar-refractivity contribution >= 4 is 23.2 Å². The van der Waals surface area contributed by atoms with E-state index >= 15 is 0 Å². The summed E-state index contributed by atoms with van der Waals surface area (Å²) in [5.74, 6) is 0. The number of halogens is 2. The Labute approximate surface area is 240 Å². The molecule has 0 amide bonds. The number of nitrogens with one attached hydrogen (secondary N) is 8. The van der Waals surface area contributed by atoms with Gasteiger partial charge in [-0.25, -0.2) is 0 Å². The van der Waals surface area contributed by atoms with Gasteiger partial charge in [0.15, 0.2) is 0 Å². The third kappa shape index (κ3) is 13.2. The summed E-state index contributed by atoms with van der Waals surface area (Å²) in [6, 6.07) is 5.06. The van der Waals surface area contributed by atoms with Crippen LogP contribution < -0.4 is 42.5 Å². The Morgan fingerprint density at radius 2 is 0.947 bits per heavy atom. The summed E-state index contributed by atoms with van der Waals surface area (Å²) in [7, 11) is 0. The van der Waals surface area contributed by atoms with Crippen molar-refractivity contribution in [1.29, 1.82) is 0 Å². The molecule has 38 heavy (non-hydrogen) atoms. The smallest absolute Gasteiger partial charge is 0.0627 e. The maximum Gasteiger partial charge on any atom is 0.0627 e. The van der Waals surface area contributed by atoms with E-state index in [-0.39, 0.29) is 0 Å². The van der Waals surface area contributed by atoms with Crippen LogP contribution in [-0.2, 0) is 12.8 Å². The van der Waals surface area contributed by atoms with Crippen molar-refractivity contribution < 1.29 is 0 Å². The van der Waals surface area contributed by atoms with Crippen LogP contribution >= 0.6 is 23.2 Å². The predicted molar refractivity (Wildman–Crippen MR) is 163 cm³/mol. The summed E-state index contributed by atoms with van der Waals surface area (Å²) in [6.45, 7) is 14.1. The number of hydrogen-bond donors (Lipinski definition) is 8. The average Bonchev–Trinajstić information content (AvgIpc) is 2.92. The summed E-state index contributed by atoms with van der Waals surface area (Å²) >= 11 is 13.8. The minimum absolute atomic E-state index is 0.319. The van der Waals surface area contributed by atoms with E-state index in [2.05, 4.69) is 54.7 Å². The van der Waals surface area contributed by atoms with Crippen LogP contribution in [0, 0.1) is 0 Å². The Hall–Kier alpha value is -0.520. The Balaban J connectivity index is 1.56. The van der Waals surface area contributed by atoms with Crippen LogP contribution in [0.5, 0.6) is 0 Å². The van der Waals surface area contributed by atoms with Gasteiger partial charge in [0.1, 0.15) is 0 Å². The second kappa shape index (κ2) is 20.4. The molecule has 2 atom stereocenters. The van der Waals surface area contributed by atoms with E-state index in [9.17, 15) is 0 Å². The van der Waals surface area contributed by atoms with Gasteiger partial charge in [0.2, 0.25) is 0 Å². The molecule has 1 aromatic rings. The molecule has 2 saturated heterocycles. The van der Waals surface area contributed by atoms with Gasteiger partial charge in [-0.15, -0.1) is 0 Å². The van der Waals surface area contributed by atoms with Crippen LogP contribution in [0.4, 0.5) is 0 Å². The lowest BCUT2D eigenvalue weighted by Crippen LogP contribution is -2.42. The number of benzene rings is 1. The summed E-state index contributed by atoms with van der Waals surface area (Å²) in [6.07, 6.45) is 6.19. The second-order valence-corrected chi connectivity index (χ2v) is 11.3. The van der Waals surface area contributed by atoms with Crippen LogP contribution in [0.15, 0.2) is 12.1 Å². The molecule has 2 fully saturated rings. The number of rotatable bonds is 4. The van der Waals surface area contributed by atoms with Crippen LogP contribution in [-0.4, -0.2) is 104 Å². The van der Waals surface area contributed by atoms with E-state index in [4.69, 9.17) is 23.2 Å². The van der Waals surface area contributed by atoms with E-state index < -0.39 is 0 Å². The third-order valence-corrected chi connectivity index (χ3v) is 8.26. The van der Waals surface area contributed by atoms with Crippen molar-refractivity contribution in [2.45, 2.75) is 50.6 Å². The first-order chi connectivity index (χ1) is 18.7. The first kappa shape index (κ1) is 32.0. The fraction of sp³-hybridized carbons (Fsp3) is 0.786. The summed E-state index contributed by atoms with van der Waals surface area (Å²) < 4.78 is 0. The van der Waals surface area contributed by atoms with Crippen molar-refractivity contribution in [3.63, 3.8) is 0 Å². The highest BCUT2D eigenvalue weighted by Crippen LogP contribution is 2.31. The summed E-state index contributed by atoms with van der Waals surface area (Å²) in [5.41, 5.74) is 2.25. The molecule has 2 heterocycles. The van der Waals surface area contributed by atoms with E-state index in [1.807, 2.05) is 0 Å². The highest BCUT2D eigenvalue weighted by molar-refractivity contribution is 6.43. The SMILES string of the molecule is Clc1c(CC2CCNCCNCCCNCCN2)ccc(C[C@@H]2CNCCCNCCNCCCN2)c1Cl. The maximum absolute atomic E-state index is 6.89. The van der Waals surface area contributed by atoms with Crippen LogP contribution in [0.1, 0.15) is 36.8 Å². The quantitative estimate of drug-likeness (QED) is 0.273. The van der Waals surface area contributed by atoms with Gasteiger partial charge in [-0.1, -0.05) is 35.3 Å². The zero-order valence-electron chi connectivity index (χ0n) is 23.2. The molecule has 0 aliphatic carbocycles. The molecule has 3 rings (SSSR count). The topological polar surface area (TPSA) is 96.2 Å². The monoisotopic (exact) mass is 570 g/mol. The van der Waals surface area contributed by atoms with Gasteiger partial charge in [-0.2, -0.15) is 0 Å². The van der Waals surface area contributed by atoms with Gasteiger partial charge in [0.25, 0.3) is 0 Å². The third-order valence-electron chi connectivity index (χ3n) is 7.30. The molecule has 0 bridgehead atoms. The highest BCUT2D eigenvalue weighted by atomic mass is 35.5. The van der Waals surface area contributed by atoms with Gasteiger partial charge in [-0.05, 0) is 95.5 Å². The number of hydrogen-bond acceptors (Lipinski definition) is 8. The Morgan fingerprint density at radius 1 is 0.500 bits per heavy atom. The van der Waals surface area contributed by atoms with E-state index in [1.54, 1.807) is 0 Å². The molecular weight excluding hydrogens is 519 g/mol. The fourth-order valence-electron chi connectivity index (χ4n) is 5.06. The van der Waals surface area contributed by atoms with Crippen LogP contribution in [0.3, 0.4) is 0 Å². The van der Waals surface area contributed by atoms with E-state index in [1.165, 1.54) is 0 Å². The van der Waals surface area contributed by atoms with Crippen molar-refractivity contribution in [1.82, 2.24) is 42.5 Å². The molecule has 1 unspecified atom stereocenters. The summed E-state index contributed by atoms with van der Waals surface area (Å²) in [4.78, 5) is 0. The molecule has 10 heteroatoms. The van der Waals surface area contributed by atoms with Gasteiger partial charge in [0, 0.05) is 57.9 Å². The van der Waals surface area contributed by atoms with Crippen LogP contribution in [0.2, 0.25) is 10.0 Å². The minimum atomic E-state index is 0.319. The lowest BCUT2D eigenvalue weighted by atomic mass is 9.99. The lowest BCUT2D eigenvalue weighted by Gasteiger charge is -2.23. The van der Waals surface area contributed by atoms with Gasteiger partial charge in [0.05, 0.1) is 10.0 Å². The molecule has 0 saturated carbocycles. The van der Waals surface area contributed by atoms with Gasteiger partial charge in [-0.3, -0.25) is 0 Å². The molecule has 8 nitrogen and oxygen atoms in total. The minimum Gasteiger partial charge on any atom is -0.315 e. The molecule has 0 aromatic heterocycles. The standard InChI is InChI=1S/C28H52Cl2N8/c29-27-23(20-25-6-13-35-17-16-31-7-1-8-34-18-19-38-25)4-5-24(28(27)30)21-26-22-36-11-2-9-32-14-15-33-10-3-12-37-26/h4-5,25-26,31-38H,1-3,6-22H2/t25?,26-/m1/s1. The molecule has 1 aromatic carbocycles. The zero-order valence-corrected chi connectivity index (χ0v) is 24.7.